The quantitative estimate of drug-likeness (QED) is 0.897. The Balaban J connectivity index is 1.59. The minimum absolute atomic E-state index is 0.0716. The molecule has 1 aromatic rings. The molecule has 2 amide bonds. The third-order valence-electron chi connectivity index (χ3n) is 3.83. The molecule has 5 heteroatoms. The number of hydrogen-bond donors (Lipinski definition) is 1. The van der Waals surface area contributed by atoms with Crippen molar-refractivity contribution < 1.29 is 14.3 Å². The van der Waals surface area contributed by atoms with Crippen molar-refractivity contribution in [2.24, 2.45) is 0 Å². The summed E-state index contributed by atoms with van der Waals surface area (Å²) in [6.07, 6.45) is 2.62. The summed E-state index contributed by atoms with van der Waals surface area (Å²) in [5, 5.41) is 2.93. The van der Waals surface area contributed by atoms with E-state index < -0.39 is 0 Å². The first kappa shape index (κ1) is 13.0. The standard InChI is InChI=1S/C15H18N2O3/c1-20-13-6-2-10(3-7-13)15(19)16-11-8-14(18)17(9-11)12-4-5-12/h2-3,6-7,11-12H,4-5,8-9H2,1H3,(H,16,19)/t11-/m0/s1. The van der Waals surface area contributed by atoms with E-state index in [-0.39, 0.29) is 17.9 Å². The van der Waals surface area contributed by atoms with E-state index in [4.69, 9.17) is 4.74 Å². The molecule has 1 heterocycles. The number of likely N-dealkylation sites (tertiary alicyclic amines) is 1. The number of rotatable bonds is 4. The summed E-state index contributed by atoms with van der Waals surface area (Å²) in [7, 11) is 1.59. The van der Waals surface area contributed by atoms with Gasteiger partial charge in [-0.2, -0.15) is 0 Å². The predicted molar refractivity (Wildman–Crippen MR) is 73.6 cm³/mol. The molecule has 0 radical (unpaired) electrons. The summed E-state index contributed by atoms with van der Waals surface area (Å²) in [4.78, 5) is 25.8. The van der Waals surface area contributed by atoms with E-state index in [0.717, 1.165) is 18.6 Å². The molecule has 1 aliphatic heterocycles. The Bertz CT molecular complexity index is 522. The second kappa shape index (κ2) is 5.15. The van der Waals surface area contributed by atoms with Crippen molar-refractivity contribution in [3.63, 3.8) is 0 Å². The van der Waals surface area contributed by atoms with E-state index in [9.17, 15) is 9.59 Å². The van der Waals surface area contributed by atoms with Crippen molar-refractivity contribution in [1.82, 2.24) is 10.2 Å². The first-order valence-corrected chi connectivity index (χ1v) is 6.92. The molecular formula is C15H18N2O3. The number of ether oxygens (including phenoxy) is 1. The number of carbonyl (C=O) groups is 2. The molecule has 3 rings (SSSR count). The molecule has 0 aromatic heterocycles. The minimum Gasteiger partial charge on any atom is -0.497 e. The third kappa shape index (κ3) is 2.61. The van der Waals surface area contributed by atoms with Crippen LogP contribution in [0, 0.1) is 0 Å². The van der Waals surface area contributed by atoms with Gasteiger partial charge in [0.2, 0.25) is 5.91 Å². The highest BCUT2D eigenvalue weighted by atomic mass is 16.5. The molecule has 1 aromatic carbocycles. The SMILES string of the molecule is COc1ccc(C(=O)N[C@H]2CC(=O)N(C3CC3)C2)cc1. The zero-order valence-electron chi connectivity index (χ0n) is 11.5. The van der Waals surface area contributed by atoms with Crippen molar-refractivity contribution >= 4 is 11.8 Å². The fourth-order valence-electron chi connectivity index (χ4n) is 2.58. The highest BCUT2D eigenvalue weighted by molar-refractivity contribution is 5.95. The van der Waals surface area contributed by atoms with Crippen LogP contribution in [0.2, 0.25) is 0 Å². The molecule has 1 saturated carbocycles. The molecule has 0 bridgehead atoms. The highest BCUT2D eigenvalue weighted by Gasteiger charge is 2.39. The van der Waals surface area contributed by atoms with Crippen LogP contribution in [-0.4, -0.2) is 42.5 Å². The lowest BCUT2D eigenvalue weighted by molar-refractivity contribution is -0.128. The van der Waals surface area contributed by atoms with Crippen LogP contribution >= 0.6 is 0 Å². The number of methoxy groups -OCH3 is 1. The van der Waals surface area contributed by atoms with Gasteiger partial charge in [0, 0.05) is 24.6 Å². The lowest BCUT2D eigenvalue weighted by atomic mass is 10.2. The summed E-state index contributed by atoms with van der Waals surface area (Å²) in [5.74, 6) is 0.744. The fraction of sp³-hybridized carbons (Fsp3) is 0.467. The summed E-state index contributed by atoms with van der Waals surface area (Å²) < 4.78 is 5.06. The smallest absolute Gasteiger partial charge is 0.251 e. The van der Waals surface area contributed by atoms with E-state index in [0.29, 0.717) is 24.6 Å². The molecule has 20 heavy (non-hydrogen) atoms. The Labute approximate surface area is 117 Å². The van der Waals surface area contributed by atoms with Crippen LogP contribution in [0.3, 0.4) is 0 Å². The van der Waals surface area contributed by atoms with Crippen molar-refractivity contribution in [3.8, 4) is 5.75 Å². The number of hydrogen-bond acceptors (Lipinski definition) is 3. The maximum Gasteiger partial charge on any atom is 0.251 e. The maximum absolute atomic E-state index is 12.1. The van der Waals surface area contributed by atoms with Gasteiger partial charge in [0.05, 0.1) is 13.2 Å². The zero-order valence-corrected chi connectivity index (χ0v) is 11.5. The van der Waals surface area contributed by atoms with Gasteiger partial charge < -0.3 is 15.0 Å². The Morgan fingerprint density at radius 2 is 2.00 bits per heavy atom. The maximum atomic E-state index is 12.1. The van der Waals surface area contributed by atoms with Gasteiger partial charge in [0.1, 0.15) is 5.75 Å². The van der Waals surface area contributed by atoms with Crippen LogP contribution in [0.4, 0.5) is 0 Å². The Hall–Kier alpha value is -2.04. The van der Waals surface area contributed by atoms with Gasteiger partial charge in [-0.05, 0) is 37.1 Å². The van der Waals surface area contributed by atoms with Crippen molar-refractivity contribution in [1.29, 1.82) is 0 Å². The largest absolute Gasteiger partial charge is 0.497 e. The topological polar surface area (TPSA) is 58.6 Å². The van der Waals surface area contributed by atoms with Crippen LogP contribution in [0.5, 0.6) is 5.75 Å². The van der Waals surface area contributed by atoms with Crippen molar-refractivity contribution in [2.75, 3.05) is 13.7 Å². The lowest BCUT2D eigenvalue weighted by Crippen LogP contribution is -2.37. The molecule has 106 valence electrons. The summed E-state index contributed by atoms with van der Waals surface area (Å²) in [5.41, 5.74) is 0.586. The van der Waals surface area contributed by atoms with Crippen molar-refractivity contribution in [3.05, 3.63) is 29.8 Å². The van der Waals surface area contributed by atoms with E-state index in [1.54, 1.807) is 31.4 Å². The van der Waals surface area contributed by atoms with E-state index in [1.807, 2.05) is 4.90 Å². The summed E-state index contributed by atoms with van der Waals surface area (Å²) in [6, 6.07) is 7.31. The summed E-state index contributed by atoms with van der Waals surface area (Å²) >= 11 is 0. The van der Waals surface area contributed by atoms with Gasteiger partial charge in [0.15, 0.2) is 0 Å². The zero-order chi connectivity index (χ0) is 14.1. The number of amides is 2. The van der Waals surface area contributed by atoms with Crippen LogP contribution in [0.15, 0.2) is 24.3 Å². The number of nitrogens with zero attached hydrogens (tertiary/aromatic N) is 1. The highest BCUT2D eigenvalue weighted by Crippen LogP contribution is 2.30. The molecule has 2 aliphatic rings. The van der Waals surface area contributed by atoms with Gasteiger partial charge in [-0.25, -0.2) is 0 Å². The average Bonchev–Trinajstić information content (AvgIpc) is 3.23. The van der Waals surface area contributed by atoms with Gasteiger partial charge >= 0.3 is 0 Å². The van der Waals surface area contributed by atoms with E-state index >= 15 is 0 Å². The van der Waals surface area contributed by atoms with E-state index in [1.165, 1.54) is 0 Å². The Morgan fingerprint density at radius 1 is 1.30 bits per heavy atom. The molecule has 0 spiro atoms. The van der Waals surface area contributed by atoms with Gasteiger partial charge in [0.25, 0.3) is 5.91 Å². The number of nitrogens with one attached hydrogen (secondary N) is 1. The third-order valence-corrected chi connectivity index (χ3v) is 3.83. The van der Waals surface area contributed by atoms with Crippen molar-refractivity contribution in [2.45, 2.75) is 31.3 Å². The molecule has 1 atom stereocenters. The molecule has 0 unspecified atom stereocenters. The van der Waals surface area contributed by atoms with Crippen LogP contribution in [0.1, 0.15) is 29.6 Å². The normalized spacial score (nSPS) is 21.9. The van der Waals surface area contributed by atoms with Gasteiger partial charge in [-0.3, -0.25) is 9.59 Å². The Morgan fingerprint density at radius 3 is 2.60 bits per heavy atom. The first-order chi connectivity index (χ1) is 9.67. The van der Waals surface area contributed by atoms with Crippen LogP contribution in [0.25, 0.3) is 0 Å². The molecule has 2 fully saturated rings. The minimum atomic E-state index is -0.136. The lowest BCUT2D eigenvalue weighted by Gasteiger charge is -2.16. The monoisotopic (exact) mass is 274 g/mol. The van der Waals surface area contributed by atoms with Gasteiger partial charge in [-0.1, -0.05) is 0 Å². The van der Waals surface area contributed by atoms with Gasteiger partial charge in [-0.15, -0.1) is 0 Å². The number of benzene rings is 1. The molecule has 5 nitrogen and oxygen atoms in total. The Kier molecular flexibility index (Phi) is 3.34. The summed E-state index contributed by atoms with van der Waals surface area (Å²) in [6.45, 7) is 0.644. The molecule has 1 aliphatic carbocycles. The molecular weight excluding hydrogens is 256 g/mol. The second-order valence-corrected chi connectivity index (χ2v) is 5.38. The second-order valence-electron chi connectivity index (χ2n) is 5.38. The predicted octanol–water partition coefficient (Wildman–Crippen LogP) is 1.19. The molecule has 1 N–H and O–H groups in total. The molecule has 1 saturated heterocycles. The average molecular weight is 274 g/mol. The first-order valence-electron chi connectivity index (χ1n) is 6.92. The van der Waals surface area contributed by atoms with Crippen LogP contribution in [-0.2, 0) is 4.79 Å². The van der Waals surface area contributed by atoms with E-state index in [2.05, 4.69) is 5.32 Å². The van der Waals surface area contributed by atoms with Crippen LogP contribution < -0.4 is 10.1 Å². The fourth-order valence-corrected chi connectivity index (χ4v) is 2.58. The number of carbonyl (C=O) groups excluding carboxylic acids is 2.